The maximum Gasteiger partial charge on any atom is 0.387 e. The molecule has 0 atom stereocenters. The van der Waals surface area contributed by atoms with Crippen LogP contribution in [0.4, 0.5) is 19.3 Å². The van der Waals surface area contributed by atoms with E-state index in [-0.39, 0.29) is 24.1 Å². The molecular formula is C18H20F2N2O3. The number of carbonyl (C=O) groups is 1. The largest absolute Gasteiger partial charge is 0.490 e. The number of rotatable bonds is 7. The molecule has 2 amide bonds. The van der Waals surface area contributed by atoms with Gasteiger partial charge in [-0.05, 0) is 43.7 Å². The predicted octanol–water partition coefficient (Wildman–Crippen LogP) is 4.32. The van der Waals surface area contributed by atoms with Crippen molar-refractivity contribution < 1.29 is 23.0 Å². The van der Waals surface area contributed by atoms with E-state index >= 15 is 0 Å². The van der Waals surface area contributed by atoms with Crippen molar-refractivity contribution in [3.05, 3.63) is 53.6 Å². The Morgan fingerprint density at radius 2 is 1.84 bits per heavy atom. The van der Waals surface area contributed by atoms with Crippen LogP contribution >= 0.6 is 0 Å². The van der Waals surface area contributed by atoms with E-state index < -0.39 is 6.61 Å². The molecular weight excluding hydrogens is 330 g/mol. The molecule has 7 heteroatoms. The molecule has 0 saturated carbocycles. The number of nitrogens with one attached hydrogen (secondary N) is 2. The van der Waals surface area contributed by atoms with E-state index in [4.69, 9.17) is 4.74 Å². The summed E-state index contributed by atoms with van der Waals surface area (Å²) in [4.78, 5) is 11.9. The minimum Gasteiger partial charge on any atom is -0.490 e. The van der Waals surface area contributed by atoms with Crippen LogP contribution in [0.1, 0.15) is 18.1 Å². The highest BCUT2D eigenvalue weighted by atomic mass is 19.3. The smallest absolute Gasteiger partial charge is 0.387 e. The van der Waals surface area contributed by atoms with Gasteiger partial charge in [0.25, 0.3) is 0 Å². The second-order valence-corrected chi connectivity index (χ2v) is 5.27. The Balaban J connectivity index is 1.96. The molecule has 0 spiro atoms. The third kappa shape index (κ3) is 5.95. The molecule has 0 bridgehead atoms. The average Bonchev–Trinajstić information content (AvgIpc) is 2.57. The lowest BCUT2D eigenvalue weighted by atomic mass is 10.2. The summed E-state index contributed by atoms with van der Waals surface area (Å²) < 4.78 is 34.5. The van der Waals surface area contributed by atoms with Crippen molar-refractivity contribution in [3.8, 4) is 11.5 Å². The van der Waals surface area contributed by atoms with Crippen molar-refractivity contribution in [2.24, 2.45) is 0 Å². The van der Waals surface area contributed by atoms with Crippen LogP contribution in [0.15, 0.2) is 42.5 Å². The SMILES string of the molecule is CCOc1cc(CNC(=O)Nc2ccc(C)cc2)ccc1OC(F)F. The number of urea groups is 1. The van der Waals surface area contributed by atoms with Crippen LogP contribution in [0.5, 0.6) is 11.5 Å². The second kappa shape index (κ2) is 8.86. The van der Waals surface area contributed by atoms with Crippen LogP contribution in [0, 0.1) is 6.92 Å². The number of halogens is 2. The monoisotopic (exact) mass is 350 g/mol. The molecule has 0 heterocycles. The van der Waals surface area contributed by atoms with E-state index in [0.717, 1.165) is 5.56 Å². The summed E-state index contributed by atoms with van der Waals surface area (Å²) in [5.41, 5.74) is 2.48. The highest BCUT2D eigenvalue weighted by Gasteiger charge is 2.12. The first-order chi connectivity index (χ1) is 12.0. The molecule has 2 N–H and O–H groups in total. The molecule has 2 aromatic carbocycles. The zero-order valence-electron chi connectivity index (χ0n) is 14.0. The number of ether oxygens (including phenoxy) is 2. The van der Waals surface area contributed by atoms with Crippen molar-refractivity contribution in [3.63, 3.8) is 0 Å². The number of anilines is 1. The number of benzene rings is 2. The number of aryl methyl sites for hydroxylation is 1. The van der Waals surface area contributed by atoms with Gasteiger partial charge in [0.1, 0.15) is 0 Å². The summed E-state index contributed by atoms with van der Waals surface area (Å²) in [6.07, 6.45) is 0. The Morgan fingerprint density at radius 3 is 2.48 bits per heavy atom. The molecule has 0 aliphatic heterocycles. The van der Waals surface area contributed by atoms with Crippen LogP contribution in [0.25, 0.3) is 0 Å². The Hall–Kier alpha value is -2.83. The standard InChI is InChI=1S/C18H20F2N2O3/c1-3-24-16-10-13(6-9-15(16)25-17(19)20)11-21-18(23)22-14-7-4-12(2)5-8-14/h4-10,17H,3,11H2,1-2H3,(H2,21,22,23). The summed E-state index contributed by atoms with van der Waals surface area (Å²) in [5, 5.41) is 5.41. The molecule has 0 aliphatic carbocycles. The van der Waals surface area contributed by atoms with E-state index in [2.05, 4.69) is 15.4 Å². The number of amides is 2. The molecule has 0 unspecified atom stereocenters. The molecule has 0 aliphatic rings. The zero-order chi connectivity index (χ0) is 18.2. The fourth-order valence-corrected chi connectivity index (χ4v) is 2.12. The first-order valence-corrected chi connectivity index (χ1v) is 7.80. The second-order valence-electron chi connectivity index (χ2n) is 5.27. The van der Waals surface area contributed by atoms with E-state index in [1.807, 2.05) is 19.1 Å². The van der Waals surface area contributed by atoms with Gasteiger partial charge < -0.3 is 20.1 Å². The normalized spacial score (nSPS) is 10.4. The lowest BCUT2D eigenvalue weighted by Gasteiger charge is -2.13. The fraction of sp³-hybridized carbons (Fsp3) is 0.278. The van der Waals surface area contributed by atoms with E-state index in [9.17, 15) is 13.6 Å². The lowest BCUT2D eigenvalue weighted by molar-refractivity contribution is -0.0514. The maximum absolute atomic E-state index is 12.4. The number of alkyl halides is 2. The molecule has 5 nitrogen and oxygen atoms in total. The van der Waals surface area contributed by atoms with Crippen molar-refractivity contribution in [2.75, 3.05) is 11.9 Å². The first kappa shape index (κ1) is 18.5. The van der Waals surface area contributed by atoms with Gasteiger partial charge in [-0.15, -0.1) is 0 Å². The Kier molecular flexibility index (Phi) is 6.56. The van der Waals surface area contributed by atoms with Crippen molar-refractivity contribution in [1.29, 1.82) is 0 Å². The third-order valence-electron chi connectivity index (χ3n) is 3.29. The van der Waals surface area contributed by atoms with Gasteiger partial charge in [0, 0.05) is 12.2 Å². The summed E-state index contributed by atoms with van der Waals surface area (Å²) in [5.74, 6) is 0.172. The maximum atomic E-state index is 12.4. The summed E-state index contributed by atoms with van der Waals surface area (Å²) in [6, 6.07) is 11.6. The Labute approximate surface area is 144 Å². The summed E-state index contributed by atoms with van der Waals surface area (Å²) in [6.45, 7) is 1.30. The lowest BCUT2D eigenvalue weighted by Crippen LogP contribution is -2.28. The van der Waals surface area contributed by atoms with Crippen LogP contribution < -0.4 is 20.1 Å². The van der Waals surface area contributed by atoms with Gasteiger partial charge in [-0.1, -0.05) is 23.8 Å². The predicted molar refractivity (Wildman–Crippen MR) is 91.3 cm³/mol. The third-order valence-corrected chi connectivity index (χ3v) is 3.29. The minimum atomic E-state index is -2.93. The van der Waals surface area contributed by atoms with E-state index in [1.54, 1.807) is 31.2 Å². The minimum absolute atomic E-state index is 0.0373. The molecule has 2 rings (SSSR count). The van der Waals surface area contributed by atoms with Crippen molar-refractivity contribution in [1.82, 2.24) is 5.32 Å². The van der Waals surface area contributed by atoms with Gasteiger partial charge in [-0.25, -0.2) is 4.79 Å². The quantitative estimate of drug-likeness (QED) is 0.782. The van der Waals surface area contributed by atoms with E-state index in [0.29, 0.717) is 17.9 Å². The fourth-order valence-electron chi connectivity index (χ4n) is 2.12. The van der Waals surface area contributed by atoms with Gasteiger partial charge in [0.05, 0.1) is 6.61 Å². The van der Waals surface area contributed by atoms with Crippen LogP contribution in [-0.4, -0.2) is 19.2 Å². The molecule has 2 aromatic rings. The first-order valence-electron chi connectivity index (χ1n) is 7.80. The van der Waals surface area contributed by atoms with Gasteiger partial charge >= 0.3 is 12.6 Å². The molecule has 0 radical (unpaired) electrons. The zero-order valence-corrected chi connectivity index (χ0v) is 14.0. The summed E-state index contributed by atoms with van der Waals surface area (Å²) >= 11 is 0. The van der Waals surface area contributed by atoms with Crippen LogP contribution in [0.2, 0.25) is 0 Å². The molecule has 0 saturated heterocycles. The molecule has 134 valence electrons. The van der Waals surface area contributed by atoms with Crippen LogP contribution in [-0.2, 0) is 6.54 Å². The van der Waals surface area contributed by atoms with E-state index in [1.165, 1.54) is 6.07 Å². The Bertz CT molecular complexity index is 706. The summed E-state index contributed by atoms with van der Waals surface area (Å²) in [7, 11) is 0. The van der Waals surface area contributed by atoms with Gasteiger partial charge in [0.15, 0.2) is 11.5 Å². The van der Waals surface area contributed by atoms with Crippen molar-refractivity contribution >= 4 is 11.7 Å². The molecule has 0 fully saturated rings. The number of hydrogen-bond donors (Lipinski definition) is 2. The molecule has 25 heavy (non-hydrogen) atoms. The highest BCUT2D eigenvalue weighted by Crippen LogP contribution is 2.29. The Morgan fingerprint density at radius 1 is 1.12 bits per heavy atom. The topological polar surface area (TPSA) is 59.6 Å². The van der Waals surface area contributed by atoms with Crippen molar-refractivity contribution in [2.45, 2.75) is 27.0 Å². The highest BCUT2D eigenvalue weighted by molar-refractivity contribution is 5.89. The average molecular weight is 350 g/mol. The number of carbonyl (C=O) groups excluding carboxylic acids is 1. The molecule has 0 aromatic heterocycles. The number of hydrogen-bond acceptors (Lipinski definition) is 3. The van der Waals surface area contributed by atoms with Gasteiger partial charge in [-0.3, -0.25) is 0 Å². The van der Waals surface area contributed by atoms with Gasteiger partial charge in [-0.2, -0.15) is 8.78 Å². The van der Waals surface area contributed by atoms with Crippen LogP contribution in [0.3, 0.4) is 0 Å². The van der Waals surface area contributed by atoms with Gasteiger partial charge in [0.2, 0.25) is 0 Å².